The highest BCUT2D eigenvalue weighted by molar-refractivity contribution is 6.01. The van der Waals surface area contributed by atoms with Gasteiger partial charge in [-0.2, -0.15) is 5.26 Å². The Balaban J connectivity index is 1.65. The van der Waals surface area contributed by atoms with E-state index in [2.05, 4.69) is 10.3 Å². The second kappa shape index (κ2) is 9.98. The van der Waals surface area contributed by atoms with E-state index < -0.39 is 18.5 Å². The summed E-state index contributed by atoms with van der Waals surface area (Å²) >= 11 is 0. The number of nitrogens with zero attached hydrogens (tertiary/aromatic N) is 1. The molecule has 2 aromatic carbocycles. The van der Waals surface area contributed by atoms with Crippen molar-refractivity contribution in [2.24, 2.45) is 0 Å². The van der Waals surface area contributed by atoms with E-state index in [4.69, 9.17) is 14.6 Å². The van der Waals surface area contributed by atoms with Crippen molar-refractivity contribution in [2.45, 2.75) is 6.42 Å². The van der Waals surface area contributed by atoms with Crippen LogP contribution in [-0.2, 0) is 16.0 Å². The molecule has 0 saturated carbocycles. The Bertz CT molecular complexity index is 1170. The number of carbonyl (C=O) groups excluding carboxylic acids is 1. The molecule has 8 nitrogen and oxygen atoms in total. The van der Waals surface area contributed by atoms with E-state index in [0.717, 1.165) is 16.5 Å². The van der Waals surface area contributed by atoms with Crippen LogP contribution in [0.3, 0.4) is 0 Å². The van der Waals surface area contributed by atoms with E-state index in [9.17, 15) is 14.9 Å². The second-order valence-electron chi connectivity index (χ2n) is 6.63. The van der Waals surface area contributed by atoms with Crippen molar-refractivity contribution >= 4 is 28.9 Å². The molecule has 0 spiro atoms. The molecular formula is C23H21N3O5. The largest absolute Gasteiger partial charge is 0.493 e. The summed E-state index contributed by atoms with van der Waals surface area (Å²) in [7, 11) is 1.42. The summed E-state index contributed by atoms with van der Waals surface area (Å²) in [5, 5.41) is 22.0. The van der Waals surface area contributed by atoms with Gasteiger partial charge in [0.05, 0.1) is 7.11 Å². The Morgan fingerprint density at radius 3 is 2.77 bits per heavy atom. The minimum absolute atomic E-state index is 0.0554. The summed E-state index contributed by atoms with van der Waals surface area (Å²) in [5.74, 6) is -1.04. The van der Waals surface area contributed by atoms with E-state index in [1.807, 2.05) is 36.5 Å². The molecule has 0 fully saturated rings. The van der Waals surface area contributed by atoms with Crippen LogP contribution >= 0.6 is 0 Å². The van der Waals surface area contributed by atoms with Crippen molar-refractivity contribution in [1.29, 1.82) is 5.26 Å². The van der Waals surface area contributed by atoms with Crippen molar-refractivity contribution in [3.63, 3.8) is 0 Å². The normalized spacial score (nSPS) is 11.0. The third-order valence-electron chi connectivity index (χ3n) is 4.57. The summed E-state index contributed by atoms with van der Waals surface area (Å²) in [6.45, 7) is -0.126. The number of amides is 1. The maximum Gasteiger partial charge on any atom is 0.341 e. The first-order chi connectivity index (χ1) is 15.0. The van der Waals surface area contributed by atoms with Gasteiger partial charge in [0.15, 0.2) is 18.1 Å². The third kappa shape index (κ3) is 5.42. The number of aliphatic carboxylic acids is 1. The Morgan fingerprint density at radius 1 is 1.23 bits per heavy atom. The van der Waals surface area contributed by atoms with Gasteiger partial charge >= 0.3 is 5.97 Å². The smallest absolute Gasteiger partial charge is 0.341 e. The Kier molecular flexibility index (Phi) is 6.91. The van der Waals surface area contributed by atoms with Crippen LogP contribution in [0.4, 0.5) is 0 Å². The fourth-order valence-corrected chi connectivity index (χ4v) is 3.09. The van der Waals surface area contributed by atoms with Gasteiger partial charge in [-0.25, -0.2) is 4.79 Å². The number of aromatic nitrogens is 1. The number of benzene rings is 2. The molecule has 3 aromatic rings. The van der Waals surface area contributed by atoms with Gasteiger partial charge in [-0.1, -0.05) is 24.3 Å². The Hall–Kier alpha value is -4.25. The first-order valence-corrected chi connectivity index (χ1v) is 9.49. The quantitative estimate of drug-likeness (QED) is 0.362. The number of carbonyl (C=O) groups is 2. The number of para-hydroxylation sites is 1. The molecule has 3 rings (SSSR count). The van der Waals surface area contributed by atoms with Crippen LogP contribution in [0.1, 0.15) is 11.1 Å². The lowest BCUT2D eigenvalue weighted by molar-refractivity contribution is -0.139. The van der Waals surface area contributed by atoms with Gasteiger partial charge < -0.3 is 24.9 Å². The van der Waals surface area contributed by atoms with Crippen LogP contribution in [0.15, 0.2) is 54.2 Å². The lowest BCUT2D eigenvalue weighted by Crippen LogP contribution is -2.26. The van der Waals surface area contributed by atoms with Crippen LogP contribution in [-0.4, -0.2) is 42.2 Å². The number of nitrogens with one attached hydrogen (secondary N) is 2. The molecule has 3 N–H and O–H groups in total. The molecule has 1 heterocycles. The monoisotopic (exact) mass is 419 g/mol. The van der Waals surface area contributed by atoms with E-state index in [-0.39, 0.29) is 11.3 Å². The number of methoxy groups -OCH3 is 1. The molecule has 0 bridgehead atoms. The molecule has 158 valence electrons. The van der Waals surface area contributed by atoms with Gasteiger partial charge in [-0.05, 0) is 41.8 Å². The fourth-order valence-electron chi connectivity index (χ4n) is 3.09. The molecule has 31 heavy (non-hydrogen) atoms. The van der Waals surface area contributed by atoms with Gasteiger partial charge in [0.2, 0.25) is 0 Å². The number of hydrogen-bond donors (Lipinski definition) is 3. The first-order valence-electron chi connectivity index (χ1n) is 9.49. The standard InChI is InChI=1S/C23H21N3O5/c1-30-21-11-15(6-7-20(21)31-14-22(27)28)10-17(12-24)23(29)25-9-8-16-13-26-19-5-3-2-4-18(16)19/h2-7,10-11,13,26H,8-9,14H2,1H3,(H,25,29)(H,27,28)/b17-10-. The molecule has 1 aromatic heterocycles. The van der Waals surface area contributed by atoms with Crippen molar-refractivity contribution in [2.75, 3.05) is 20.3 Å². The molecule has 0 aliphatic carbocycles. The Labute approximate surface area is 178 Å². The highest BCUT2D eigenvalue weighted by Gasteiger charge is 2.12. The number of rotatable bonds is 9. The number of aromatic amines is 1. The molecule has 0 aliphatic heterocycles. The maximum absolute atomic E-state index is 12.4. The summed E-state index contributed by atoms with van der Waals surface area (Å²) in [5.41, 5.74) is 2.61. The highest BCUT2D eigenvalue weighted by atomic mass is 16.5. The molecule has 8 heteroatoms. The van der Waals surface area contributed by atoms with Gasteiger partial charge in [0, 0.05) is 23.6 Å². The van der Waals surface area contributed by atoms with Crippen LogP contribution in [0.25, 0.3) is 17.0 Å². The number of carboxylic acid groups (broad SMARTS) is 1. The minimum Gasteiger partial charge on any atom is -0.493 e. The average molecular weight is 419 g/mol. The lowest BCUT2D eigenvalue weighted by Gasteiger charge is -2.10. The highest BCUT2D eigenvalue weighted by Crippen LogP contribution is 2.29. The van der Waals surface area contributed by atoms with E-state index >= 15 is 0 Å². The third-order valence-corrected chi connectivity index (χ3v) is 4.57. The van der Waals surface area contributed by atoms with Crippen LogP contribution in [0.5, 0.6) is 11.5 Å². The van der Waals surface area contributed by atoms with Gasteiger partial charge in [-0.3, -0.25) is 4.79 Å². The fraction of sp³-hybridized carbons (Fsp3) is 0.174. The summed E-state index contributed by atoms with van der Waals surface area (Å²) in [4.78, 5) is 26.3. The molecule has 0 aliphatic rings. The Morgan fingerprint density at radius 2 is 2.03 bits per heavy atom. The summed E-state index contributed by atoms with van der Waals surface area (Å²) in [6, 6.07) is 14.5. The number of carboxylic acids is 1. The molecular weight excluding hydrogens is 398 g/mol. The molecule has 0 radical (unpaired) electrons. The zero-order valence-corrected chi connectivity index (χ0v) is 16.8. The van der Waals surface area contributed by atoms with Crippen molar-refractivity contribution in [3.05, 3.63) is 65.4 Å². The van der Waals surface area contributed by atoms with E-state index in [0.29, 0.717) is 24.3 Å². The van der Waals surface area contributed by atoms with Crippen molar-refractivity contribution < 1.29 is 24.2 Å². The zero-order chi connectivity index (χ0) is 22.2. The first kappa shape index (κ1) is 21.5. The van der Waals surface area contributed by atoms with Gasteiger partial charge in [0.1, 0.15) is 11.6 Å². The van der Waals surface area contributed by atoms with E-state index in [1.165, 1.54) is 19.3 Å². The summed E-state index contributed by atoms with van der Waals surface area (Å²) < 4.78 is 10.4. The molecule has 0 saturated heterocycles. The molecule has 0 unspecified atom stereocenters. The number of H-pyrrole nitrogens is 1. The SMILES string of the molecule is COc1cc(/C=C(/C#N)C(=O)NCCc2c[nH]c3ccccc23)ccc1OCC(=O)O. The van der Waals surface area contributed by atoms with Crippen LogP contribution in [0.2, 0.25) is 0 Å². The van der Waals surface area contributed by atoms with Gasteiger partial charge in [0.25, 0.3) is 5.91 Å². The van der Waals surface area contributed by atoms with Crippen molar-refractivity contribution in [3.8, 4) is 17.6 Å². The lowest BCUT2D eigenvalue weighted by atomic mass is 10.1. The predicted octanol–water partition coefficient (Wildman–Crippen LogP) is 2.91. The number of hydrogen-bond acceptors (Lipinski definition) is 5. The van der Waals surface area contributed by atoms with Crippen molar-refractivity contribution in [1.82, 2.24) is 10.3 Å². The second-order valence-corrected chi connectivity index (χ2v) is 6.63. The average Bonchev–Trinajstić information content (AvgIpc) is 3.19. The van der Waals surface area contributed by atoms with Gasteiger partial charge in [-0.15, -0.1) is 0 Å². The zero-order valence-electron chi connectivity index (χ0n) is 16.8. The molecule has 0 atom stereocenters. The maximum atomic E-state index is 12.4. The van der Waals surface area contributed by atoms with Crippen LogP contribution < -0.4 is 14.8 Å². The topological polar surface area (TPSA) is 124 Å². The number of fused-ring (bicyclic) bond motifs is 1. The predicted molar refractivity (Wildman–Crippen MR) is 115 cm³/mol. The number of ether oxygens (including phenoxy) is 2. The minimum atomic E-state index is -1.11. The van der Waals surface area contributed by atoms with E-state index in [1.54, 1.807) is 12.1 Å². The summed E-state index contributed by atoms with van der Waals surface area (Å²) in [6.07, 6.45) is 3.97. The van der Waals surface area contributed by atoms with Crippen LogP contribution in [0, 0.1) is 11.3 Å². The number of nitriles is 1. The molecule has 1 amide bonds.